The Bertz CT molecular complexity index is 1150. The zero-order chi connectivity index (χ0) is 22.3. The topological polar surface area (TPSA) is 107 Å². The van der Waals surface area contributed by atoms with Crippen LogP contribution in [-0.2, 0) is 14.8 Å². The highest BCUT2D eigenvalue weighted by Crippen LogP contribution is 2.29. The second kappa shape index (κ2) is 9.86. The van der Waals surface area contributed by atoms with Crippen molar-refractivity contribution in [2.75, 3.05) is 23.8 Å². The van der Waals surface area contributed by atoms with Crippen LogP contribution in [-0.4, -0.2) is 28.0 Å². The summed E-state index contributed by atoms with van der Waals surface area (Å²) in [7, 11) is -2.62. The smallest absolute Gasteiger partial charge is 0.265 e. The number of benzene rings is 2. The monoisotopic (exact) mass is 442 g/mol. The minimum atomic E-state index is -3.99. The minimum absolute atomic E-state index is 0.114. The number of hydrogen-bond acceptors (Lipinski definition) is 6. The van der Waals surface area contributed by atoms with Crippen LogP contribution in [0, 0.1) is 0 Å². The molecule has 0 spiro atoms. The fourth-order valence-electron chi connectivity index (χ4n) is 2.69. The Morgan fingerprint density at radius 2 is 1.84 bits per heavy atom. The lowest BCUT2D eigenvalue weighted by molar-refractivity contribution is -0.111. The van der Waals surface area contributed by atoms with Gasteiger partial charge >= 0.3 is 0 Å². The standard InChI is InChI=1S/C22H22N2O6S/c1-3-29-19-9-6-16(7-10-19)24-31(26,27)21-15-17(8-12-20(21)28-2)23-22(25)13-11-18-5-4-14-30-18/h4-15,24H,3H2,1-2H3,(H,23,25)/b13-11+. The summed E-state index contributed by atoms with van der Waals surface area (Å²) in [5.74, 6) is 0.856. The molecular weight excluding hydrogens is 420 g/mol. The normalized spacial score (nSPS) is 11.3. The molecule has 0 aliphatic heterocycles. The second-order valence-electron chi connectivity index (χ2n) is 6.27. The summed E-state index contributed by atoms with van der Waals surface area (Å²) >= 11 is 0. The summed E-state index contributed by atoms with van der Waals surface area (Å²) in [6.45, 7) is 2.37. The van der Waals surface area contributed by atoms with Gasteiger partial charge in [0.1, 0.15) is 22.2 Å². The molecule has 31 heavy (non-hydrogen) atoms. The van der Waals surface area contributed by atoms with Gasteiger partial charge in [0.15, 0.2) is 0 Å². The molecule has 1 heterocycles. The first-order valence-electron chi connectivity index (χ1n) is 9.37. The molecule has 3 aromatic rings. The van der Waals surface area contributed by atoms with E-state index in [4.69, 9.17) is 13.9 Å². The molecule has 9 heteroatoms. The summed E-state index contributed by atoms with van der Waals surface area (Å²) in [6, 6.07) is 14.3. The Hall–Kier alpha value is -3.72. The van der Waals surface area contributed by atoms with Crippen LogP contribution in [0.2, 0.25) is 0 Å². The molecule has 0 bridgehead atoms. The van der Waals surface area contributed by atoms with Crippen LogP contribution >= 0.6 is 0 Å². The van der Waals surface area contributed by atoms with Crippen LogP contribution in [0.4, 0.5) is 11.4 Å². The Morgan fingerprint density at radius 3 is 2.48 bits per heavy atom. The molecule has 0 atom stereocenters. The number of nitrogens with one attached hydrogen (secondary N) is 2. The van der Waals surface area contributed by atoms with Crippen molar-refractivity contribution < 1.29 is 27.1 Å². The van der Waals surface area contributed by atoms with E-state index in [2.05, 4.69) is 10.0 Å². The summed E-state index contributed by atoms with van der Waals surface area (Å²) in [4.78, 5) is 12.0. The molecule has 0 unspecified atom stereocenters. The Morgan fingerprint density at radius 1 is 1.10 bits per heavy atom. The number of anilines is 2. The van der Waals surface area contributed by atoms with Gasteiger partial charge in [0.2, 0.25) is 5.91 Å². The largest absolute Gasteiger partial charge is 0.495 e. The summed E-state index contributed by atoms with van der Waals surface area (Å²) < 4.78 is 44.1. The lowest BCUT2D eigenvalue weighted by Gasteiger charge is -2.14. The van der Waals surface area contributed by atoms with Gasteiger partial charge in [-0.15, -0.1) is 0 Å². The van der Waals surface area contributed by atoms with Crippen molar-refractivity contribution in [3.8, 4) is 11.5 Å². The average molecular weight is 442 g/mol. The Kier molecular flexibility index (Phi) is 6.99. The number of carbonyl (C=O) groups excluding carboxylic acids is 1. The predicted octanol–water partition coefficient (Wildman–Crippen LogP) is 4.14. The van der Waals surface area contributed by atoms with Crippen LogP contribution in [0.1, 0.15) is 12.7 Å². The number of furan rings is 1. The van der Waals surface area contributed by atoms with Crippen molar-refractivity contribution in [3.05, 3.63) is 72.7 Å². The van der Waals surface area contributed by atoms with Crippen LogP contribution in [0.3, 0.4) is 0 Å². The molecule has 1 aromatic heterocycles. The van der Waals surface area contributed by atoms with Gasteiger partial charge < -0.3 is 19.2 Å². The molecule has 3 rings (SSSR count). The third-order valence-electron chi connectivity index (χ3n) is 4.08. The van der Waals surface area contributed by atoms with E-state index in [-0.39, 0.29) is 10.6 Å². The maximum absolute atomic E-state index is 12.9. The fraction of sp³-hybridized carbons (Fsp3) is 0.136. The van der Waals surface area contributed by atoms with E-state index in [1.807, 2.05) is 6.92 Å². The zero-order valence-corrected chi connectivity index (χ0v) is 17.8. The van der Waals surface area contributed by atoms with Gasteiger partial charge in [-0.1, -0.05) is 0 Å². The van der Waals surface area contributed by atoms with E-state index in [0.29, 0.717) is 29.5 Å². The highest BCUT2D eigenvalue weighted by Gasteiger charge is 2.21. The number of ether oxygens (including phenoxy) is 2. The van der Waals surface area contributed by atoms with Crippen molar-refractivity contribution >= 4 is 33.4 Å². The van der Waals surface area contributed by atoms with Gasteiger partial charge in [-0.2, -0.15) is 0 Å². The van der Waals surface area contributed by atoms with Crippen LogP contribution in [0.5, 0.6) is 11.5 Å². The summed E-state index contributed by atoms with van der Waals surface area (Å²) in [5.41, 5.74) is 0.656. The number of hydrogen-bond donors (Lipinski definition) is 2. The Labute approximate surface area is 180 Å². The number of rotatable bonds is 9. The fourth-order valence-corrected chi connectivity index (χ4v) is 3.94. The van der Waals surface area contributed by atoms with Gasteiger partial charge in [0.05, 0.1) is 20.0 Å². The van der Waals surface area contributed by atoms with Gasteiger partial charge in [-0.3, -0.25) is 9.52 Å². The van der Waals surface area contributed by atoms with Gasteiger partial charge in [0.25, 0.3) is 10.0 Å². The second-order valence-corrected chi connectivity index (χ2v) is 7.92. The van der Waals surface area contributed by atoms with E-state index >= 15 is 0 Å². The molecule has 0 aliphatic rings. The van der Waals surface area contributed by atoms with Crippen LogP contribution < -0.4 is 19.5 Å². The molecular formula is C22H22N2O6S. The van der Waals surface area contributed by atoms with Crippen molar-refractivity contribution in [1.29, 1.82) is 0 Å². The summed E-state index contributed by atoms with van der Waals surface area (Å²) in [6.07, 6.45) is 4.29. The first-order chi connectivity index (χ1) is 14.9. The van der Waals surface area contributed by atoms with Gasteiger partial charge in [-0.25, -0.2) is 8.42 Å². The van der Waals surface area contributed by atoms with E-state index in [0.717, 1.165) is 0 Å². The molecule has 0 saturated carbocycles. The maximum atomic E-state index is 12.9. The lowest BCUT2D eigenvalue weighted by atomic mass is 10.3. The molecule has 1 amide bonds. The first kappa shape index (κ1) is 22.0. The molecule has 0 fully saturated rings. The molecule has 2 aromatic carbocycles. The van der Waals surface area contributed by atoms with Crippen LogP contribution in [0.25, 0.3) is 6.08 Å². The Balaban J connectivity index is 1.79. The number of methoxy groups -OCH3 is 1. The quantitative estimate of drug-likeness (QED) is 0.483. The van der Waals surface area contributed by atoms with Gasteiger partial charge in [-0.05, 0) is 67.6 Å². The van der Waals surface area contributed by atoms with Crippen LogP contribution in [0.15, 0.2) is 76.2 Å². The van der Waals surface area contributed by atoms with E-state index in [1.165, 1.54) is 37.7 Å². The average Bonchev–Trinajstić information content (AvgIpc) is 3.27. The minimum Gasteiger partial charge on any atom is -0.495 e. The predicted molar refractivity (Wildman–Crippen MR) is 118 cm³/mol. The van der Waals surface area contributed by atoms with E-state index in [9.17, 15) is 13.2 Å². The maximum Gasteiger partial charge on any atom is 0.265 e. The molecule has 8 nitrogen and oxygen atoms in total. The van der Waals surface area contributed by atoms with Crippen molar-refractivity contribution in [3.63, 3.8) is 0 Å². The number of amides is 1. The lowest BCUT2D eigenvalue weighted by Crippen LogP contribution is -2.15. The highest BCUT2D eigenvalue weighted by atomic mass is 32.2. The van der Waals surface area contributed by atoms with Crippen molar-refractivity contribution in [2.24, 2.45) is 0 Å². The SMILES string of the molecule is CCOc1ccc(NS(=O)(=O)c2cc(NC(=O)/C=C/c3ccco3)ccc2OC)cc1. The van der Waals surface area contributed by atoms with Crippen molar-refractivity contribution in [1.82, 2.24) is 0 Å². The van der Waals surface area contributed by atoms with Gasteiger partial charge in [0, 0.05) is 17.5 Å². The highest BCUT2D eigenvalue weighted by molar-refractivity contribution is 7.92. The molecule has 0 aliphatic carbocycles. The number of carbonyl (C=O) groups is 1. The molecule has 2 N–H and O–H groups in total. The summed E-state index contributed by atoms with van der Waals surface area (Å²) in [5, 5.41) is 2.62. The molecule has 0 radical (unpaired) electrons. The molecule has 162 valence electrons. The first-order valence-corrected chi connectivity index (χ1v) is 10.9. The molecule has 0 saturated heterocycles. The zero-order valence-electron chi connectivity index (χ0n) is 17.0. The van der Waals surface area contributed by atoms with Crippen molar-refractivity contribution in [2.45, 2.75) is 11.8 Å². The van der Waals surface area contributed by atoms with E-state index in [1.54, 1.807) is 42.5 Å². The third-order valence-corrected chi connectivity index (χ3v) is 5.48. The third kappa shape index (κ3) is 5.89. The van der Waals surface area contributed by atoms with E-state index < -0.39 is 15.9 Å². The number of sulfonamides is 1.